The zero-order valence-corrected chi connectivity index (χ0v) is 14.4. The molecule has 0 saturated heterocycles. The summed E-state index contributed by atoms with van der Waals surface area (Å²) in [6, 6.07) is 9.05. The van der Waals surface area contributed by atoms with Crippen LogP contribution in [-0.4, -0.2) is 38.4 Å². The topological polar surface area (TPSA) is 81.4 Å². The highest BCUT2D eigenvalue weighted by Gasteiger charge is 2.12. The molecular weight excluding hydrogens is 326 g/mol. The monoisotopic (exact) mass is 343 g/mol. The first-order chi connectivity index (χ1) is 11.6. The molecular formula is C16H17N5O2S. The van der Waals surface area contributed by atoms with Gasteiger partial charge in [0, 0.05) is 17.4 Å². The van der Waals surface area contributed by atoms with E-state index in [1.807, 2.05) is 24.3 Å². The number of amides is 1. The summed E-state index contributed by atoms with van der Waals surface area (Å²) in [5, 5.41) is 11.8. The summed E-state index contributed by atoms with van der Waals surface area (Å²) >= 11 is 1.32. The zero-order valence-electron chi connectivity index (χ0n) is 13.6. The minimum Gasteiger partial charge on any atom is -0.497 e. The molecule has 8 heteroatoms. The molecule has 0 aliphatic rings. The van der Waals surface area contributed by atoms with E-state index < -0.39 is 0 Å². The molecule has 1 aromatic carbocycles. The number of aromatic nitrogens is 4. The van der Waals surface area contributed by atoms with Gasteiger partial charge in [-0.05, 0) is 38.1 Å². The lowest BCUT2D eigenvalue weighted by Gasteiger charge is -2.06. The molecule has 3 aromatic rings. The Bertz CT molecular complexity index is 876. The zero-order chi connectivity index (χ0) is 17.1. The first kappa shape index (κ1) is 16.3. The maximum Gasteiger partial charge on any atom is 0.234 e. The van der Waals surface area contributed by atoms with Crippen LogP contribution in [0.25, 0.3) is 5.65 Å². The highest BCUT2D eigenvalue weighted by Crippen LogP contribution is 2.20. The Balaban J connectivity index is 1.66. The molecule has 2 aromatic heterocycles. The van der Waals surface area contributed by atoms with Gasteiger partial charge >= 0.3 is 0 Å². The van der Waals surface area contributed by atoms with Gasteiger partial charge in [-0.25, -0.2) is 4.98 Å². The van der Waals surface area contributed by atoms with Crippen LogP contribution in [-0.2, 0) is 4.79 Å². The summed E-state index contributed by atoms with van der Waals surface area (Å²) in [6.07, 6.45) is 0. The number of thioether (sulfide) groups is 1. The van der Waals surface area contributed by atoms with Gasteiger partial charge in [0.05, 0.1) is 12.9 Å². The smallest absolute Gasteiger partial charge is 0.234 e. The van der Waals surface area contributed by atoms with Crippen LogP contribution < -0.4 is 10.1 Å². The normalized spacial score (nSPS) is 10.8. The average Bonchev–Trinajstić information content (AvgIpc) is 2.97. The maximum atomic E-state index is 12.1. The van der Waals surface area contributed by atoms with Gasteiger partial charge in [0.1, 0.15) is 11.6 Å². The second-order valence-corrected chi connectivity index (χ2v) is 6.13. The number of carbonyl (C=O) groups excluding carboxylic acids is 1. The van der Waals surface area contributed by atoms with Crippen molar-refractivity contribution in [2.45, 2.75) is 19.0 Å². The van der Waals surface area contributed by atoms with Crippen LogP contribution in [0, 0.1) is 13.8 Å². The van der Waals surface area contributed by atoms with Crippen LogP contribution in [0.15, 0.2) is 35.5 Å². The van der Waals surface area contributed by atoms with E-state index in [-0.39, 0.29) is 11.7 Å². The van der Waals surface area contributed by atoms with E-state index in [0.717, 1.165) is 28.6 Å². The van der Waals surface area contributed by atoms with Crippen LogP contribution in [0.3, 0.4) is 0 Å². The summed E-state index contributed by atoms with van der Waals surface area (Å²) < 4.78 is 6.94. The minimum atomic E-state index is -0.111. The molecule has 0 aliphatic heterocycles. The minimum absolute atomic E-state index is 0.111. The molecule has 0 aliphatic carbocycles. The van der Waals surface area contributed by atoms with Gasteiger partial charge in [-0.15, -0.1) is 10.2 Å². The van der Waals surface area contributed by atoms with Gasteiger partial charge < -0.3 is 10.1 Å². The van der Waals surface area contributed by atoms with Gasteiger partial charge in [0.2, 0.25) is 5.91 Å². The number of methoxy groups -OCH3 is 1. The number of fused-ring (bicyclic) bond motifs is 1. The van der Waals surface area contributed by atoms with Crippen LogP contribution in [0.4, 0.5) is 5.69 Å². The third-order valence-electron chi connectivity index (χ3n) is 3.36. The number of nitrogens with zero attached hydrogens (tertiary/aromatic N) is 4. The first-order valence-electron chi connectivity index (χ1n) is 7.33. The standard InChI is InChI=1S/C16H17N5O2S/c1-10-8-14-19-20-16(21(14)11(2)17-10)24-9-15(22)18-12-4-6-13(23-3)7-5-12/h4-8H,9H2,1-3H3,(H,18,22). The molecule has 0 saturated carbocycles. The molecule has 3 rings (SSSR count). The number of rotatable bonds is 5. The molecule has 0 spiro atoms. The van der Waals surface area contributed by atoms with Crippen LogP contribution in [0.2, 0.25) is 0 Å². The van der Waals surface area contributed by atoms with Gasteiger partial charge in [0.15, 0.2) is 10.8 Å². The summed E-state index contributed by atoms with van der Waals surface area (Å²) in [5.74, 6) is 1.67. The average molecular weight is 343 g/mol. The van der Waals surface area contributed by atoms with Gasteiger partial charge in [-0.1, -0.05) is 11.8 Å². The Morgan fingerprint density at radius 2 is 2.00 bits per heavy atom. The Morgan fingerprint density at radius 3 is 2.71 bits per heavy atom. The molecule has 0 bridgehead atoms. The maximum absolute atomic E-state index is 12.1. The van der Waals surface area contributed by atoms with Crippen LogP contribution in [0.1, 0.15) is 11.5 Å². The Hall–Kier alpha value is -2.61. The van der Waals surface area contributed by atoms with Crippen molar-refractivity contribution in [3.05, 3.63) is 41.9 Å². The summed E-state index contributed by atoms with van der Waals surface area (Å²) in [5.41, 5.74) is 2.35. The molecule has 2 heterocycles. The molecule has 0 fully saturated rings. The van der Waals surface area contributed by atoms with Crippen molar-refractivity contribution >= 4 is 29.0 Å². The molecule has 124 valence electrons. The summed E-state index contributed by atoms with van der Waals surface area (Å²) in [6.45, 7) is 3.81. The van der Waals surface area contributed by atoms with E-state index in [9.17, 15) is 4.79 Å². The second-order valence-electron chi connectivity index (χ2n) is 5.19. The Kier molecular flexibility index (Phi) is 4.66. The van der Waals surface area contributed by atoms with Crippen molar-refractivity contribution in [2.75, 3.05) is 18.2 Å². The van der Waals surface area contributed by atoms with E-state index in [1.165, 1.54) is 11.8 Å². The van der Waals surface area contributed by atoms with Crippen molar-refractivity contribution in [3.63, 3.8) is 0 Å². The molecule has 0 unspecified atom stereocenters. The number of hydrogen-bond donors (Lipinski definition) is 1. The number of anilines is 1. The lowest BCUT2D eigenvalue weighted by molar-refractivity contribution is -0.113. The Morgan fingerprint density at radius 1 is 1.25 bits per heavy atom. The lowest BCUT2D eigenvalue weighted by atomic mass is 10.3. The van der Waals surface area contributed by atoms with Gasteiger partial charge in [-0.2, -0.15) is 0 Å². The van der Waals surface area contributed by atoms with Gasteiger partial charge in [-0.3, -0.25) is 9.20 Å². The molecule has 1 amide bonds. The molecule has 0 atom stereocenters. The fourth-order valence-corrected chi connectivity index (χ4v) is 3.08. The highest BCUT2D eigenvalue weighted by atomic mass is 32.2. The van der Waals surface area contributed by atoms with E-state index in [1.54, 1.807) is 31.4 Å². The van der Waals surface area contributed by atoms with Crippen molar-refractivity contribution in [3.8, 4) is 5.75 Å². The molecule has 24 heavy (non-hydrogen) atoms. The number of ether oxygens (including phenoxy) is 1. The third kappa shape index (κ3) is 3.48. The number of nitrogens with one attached hydrogen (secondary N) is 1. The first-order valence-corrected chi connectivity index (χ1v) is 8.31. The van der Waals surface area contributed by atoms with Crippen molar-refractivity contribution in [1.82, 2.24) is 19.6 Å². The number of benzene rings is 1. The van der Waals surface area contributed by atoms with E-state index in [0.29, 0.717) is 5.16 Å². The van der Waals surface area contributed by atoms with E-state index in [4.69, 9.17) is 4.74 Å². The fourth-order valence-electron chi connectivity index (χ4n) is 2.30. The predicted octanol–water partition coefficient (Wildman–Crippen LogP) is 2.48. The van der Waals surface area contributed by atoms with Crippen LogP contribution >= 0.6 is 11.8 Å². The molecule has 0 radical (unpaired) electrons. The highest BCUT2D eigenvalue weighted by molar-refractivity contribution is 7.99. The van der Waals surface area contributed by atoms with Crippen LogP contribution in [0.5, 0.6) is 5.75 Å². The van der Waals surface area contributed by atoms with E-state index in [2.05, 4.69) is 20.5 Å². The summed E-state index contributed by atoms with van der Waals surface area (Å²) in [4.78, 5) is 16.5. The van der Waals surface area contributed by atoms with Crippen molar-refractivity contribution in [1.29, 1.82) is 0 Å². The van der Waals surface area contributed by atoms with E-state index >= 15 is 0 Å². The number of aryl methyl sites for hydroxylation is 2. The quantitative estimate of drug-likeness (QED) is 0.717. The largest absolute Gasteiger partial charge is 0.497 e. The Labute approximate surface area is 143 Å². The number of carbonyl (C=O) groups is 1. The summed E-state index contributed by atoms with van der Waals surface area (Å²) in [7, 11) is 1.60. The van der Waals surface area contributed by atoms with Crippen molar-refractivity contribution in [2.24, 2.45) is 0 Å². The molecule has 1 N–H and O–H groups in total. The second kappa shape index (κ2) is 6.88. The third-order valence-corrected chi connectivity index (χ3v) is 4.29. The SMILES string of the molecule is COc1ccc(NC(=O)CSc2nnc3cc(C)nc(C)n23)cc1. The predicted molar refractivity (Wildman–Crippen MR) is 92.6 cm³/mol. The lowest BCUT2D eigenvalue weighted by Crippen LogP contribution is -2.14. The molecule has 7 nitrogen and oxygen atoms in total. The van der Waals surface area contributed by atoms with Gasteiger partial charge in [0.25, 0.3) is 0 Å². The number of hydrogen-bond acceptors (Lipinski definition) is 6. The fraction of sp³-hybridized carbons (Fsp3) is 0.250. The van der Waals surface area contributed by atoms with Crippen molar-refractivity contribution < 1.29 is 9.53 Å².